The van der Waals surface area contributed by atoms with Crippen LogP contribution in [0.25, 0.3) is 0 Å². The highest BCUT2D eigenvalue weighted by atomic mass is 19.1. The molecule has 0 heterocycles. The van der Waals surface area contributed by atoms with Gasteiger partial charge in [-0.2, -0.15) is 0 Å². The number of unbranched alkanes of at least 4 members (excludes halogenated alkanes) is 5. The second-order valence-corrected chi connectivity index (χ2v) is 2.53. The second kappa shape index (κ2) is 8.67. The predicted molar refractivity (Wildman–Crippen MR) is 43.9 cm³/mol. The van der Waals surface area contributed by atoms with E-state index in [1.807, 2.05) is 6.08 Å². The van der Waals surface area contributed by atoms with E-state index < -0.39 is 0 Å². The number of alkyl halides is 1. The Hall–Kier alpha value is -0.330. The molecule has 0 aliphatic heterocycles. The van der Waals surface area contributed by atoms with Crippen molar-refractivity contribution >= 4 is 0 Å². The molecule has 0 aliphatic rings. The molecule has 0 saturated carbocycles. The summed E-state index contributed by atoms with van der Waals surface area (Å²) in [4.78, 5) is 0. The third-order valence-electron chi connectivity index (χ3n) is 1.54. The summed E-state index contributed by atoms with van der Waals surface area (Å²) in [7, 11) is 0. The zero-order chi connectivity index (χ0) is 7.66. The second-order valence-electron chi connectivity index (χ2n) is 2.53. The lowest BCUT2D eigenvalue weighted by Crippen LogP contribution is -1.79. The van der Waals surface area contributed by atoms with Gasteiger partial charge in [-0.1, -0.05) is 25.3 Å². The Labute approximate surface area is 63.1 Å². The maximum absolute atomic E-state index is 11.6. The van der Waals surface area contributed by atoms with E-state index in [1.54, 1.807) is 0 Å². The molecular formula is C9H17F. The molecule has 0 rings (SSSR count). The molecule has 0 nitrogen and oxygen atoms in total. The van der Waals surface area contributed by atoms with Crippen molar-refractivity contribution in [2.75, 3.05) is 6.67 Å². The summed E-state index contributed by atoms with van der Waals surface area (Å²) in [6, 6.07) is 0. The van der Waals surface area contributed by atoms with Crippen molar-refractivity contribution < 1.29 is 4.39 Å². The Morgan fingerprint density at radius 2 is 1.60 bits per heavy atom. The van der Waals surface area contributed by atoms with Crippen molar-refractivity contribution in [2.45, 2.75) is 38.5 Å². The maximum Gasteiger partial charge on any atom is 0.0894 e. The van der Waals surface area contributed by atoms with E-state index in [2.05, 4.69) is 6.58 Å². The Morgan fingerprint density at radius 1 is 1.00 bits per heavy atom. The topological polar surface area (TPSA) is 0 Å². The molecule has 0 amide bonds. The lowest BCUT2D eigenvalue weighted by molar-refractivity contribution is 0.451. The van der Waals surface area contributed by atoms with Gasteiger partial charge in [-0.05, 0) is 19.3 Å². The van der Waals surface area contributed by atoms with Crippen LogP contribution in [0.3, 0.4) is 0 Å². The summed E-state index contributed by atoms with van der Waals surface area (Å²) in [5.74, 6) is 0. The summed E-state index contributed by atoms with van der Waals surface area (Å²) in [6.07, 6.45) is 8.46. The molecule has 0 aromatic heterocycles. The van der Waals surface area contributed by atoms with Crippen LogP contribution in [0.15, 0.2) is 12.7 Å². The van der Waals surface area contributed by atoms with Gasteiger partial charge in [0.2, 0.25) is 0 Å². The van der Waals surface area contributed by atoms with Gasteiger partial charge in [0, 0.05) is 0 Å². The van der Waals surface area contributed by atoms with Gasteiger partial charge in [-0.15, -0.1) is 6.58 Å². The van der Waals surface area contributed by atoms with Crippen LogP contribution in [-0.4, -0.2) is 6.67 Å². The number of hydrogen-bond acceptors (Lipinski definition) is 0. The summed E-state index contributed by atoms with van der Waals surface area (Å²) >= 11 is 0. The van der Waals surface area contributed by atoms with Crippen LogP contribution in [-0.2, 0) is 0 Å². The van der Waals surface area contributed by atoms with Crippen molar-refractivity contribution in [3.05, 3.63) is 12.7 Å². The van der Waals surface area contributed by atoms with Crippen LogP contribution in [0.5, 0.6) is 0 Å². The monoisotopic (exact) mass is 144 g/mol. The molecule has 60 valence electrons. The van der Waals surface area contributed by atoms with E-state index in [0.29, 0.717) is 0 Å². The Kier molecular flexibility index (Phi) is 8.38. The first-order valence-corrected chi connectivity index (χ1v) is 4.08. The van der Waals surface area contributed by atoms with Crippen molar-refractivity contribution in [3.63, 3.8) is 0 Å². The highest BCUT2D eigenvalue weighted by Gasteiger charge is 1.87. The number of rotatable bonds is 7. The fourth-order valence-electron chi connectivity index (χ4n) is 0.913. The Balaban J connectivity index is 2.70. The molecule has 0 aromatic carbocycles. The molecule has 0 aromatic rings. The van der Waals surface area contributed by atoms with Gasteiger partial charge >= 0.3 is 0 Å². The Morgan fingerprint density at radius 3 is 2.20 bits per heavy atom. The average Bonchev–Trinajstić information content (AvgIpc) is 1.97. The van der Waals surface area contributed by atoms with Gasteiger partial charge in [0.05, 0.1) is 6.67 Å². The van der Waals surface area contributed by atoms with E-state index in [0.717, 1.165) is 19.3 Å². The van der Waals surface area contributed by atoms with Crippen molar-refractivity contribution in [1.82, 2.24) is 0 Å². The smallest absolute Gasteiger partial charge is 0.0894 e. The first kappa shape index (κ1) is 9.67. The summed E-state index contributed by atoms with van der Waals surface area (Å²) in [5, 5.41) is 0. The van der Waals surface area contributed by atoms with Crippen molar-refractivity contribution in [1.29, 1.82) is 0 Å². The fraction of sp³-hybridized carbons (Fsp3) is 0.778. The molecule has 0 spiro atoms. The van der Waals surface area contributed by atoms with Crippen LogP contribution in [0.2, 0.25) is 0 Å². The summed E-state index contributed by atoms with van der Waals surface area (Å²) < 4.78 is 11.6. The molecule has 0 unspecified atom stereocenters. The first-order chi connectivity index (χ1) is 4.91. The summed E-state index contributed by atoms with van der Waals surface area (Å²) in [5.41, 5.74) is 0. The first-order valence-electron chi connectivity index (χ1n) is 4.08. The van der Waals surface area contributed by atoms with Crippen LogP contribution in [0.1, 0.15) is 38.5 Å². The van der Waals surface area contributed by atoms with Gasteiger partial charge < -0.3 is 0 Å². The van der Waals surface area contributed by atoms with E-state index in [9.17, 15) is 4.39 Å². The molecule has 0 N–H and O–H groups in total. The zero-order valence-electron chi connectivity index (χ0n) is 6.61. The normalized spacial score (nSPS) is 9.70. The molecule has 1 heteroatoms. The van der Waals surface area contributed by atoms with E-state index in [1.165, 1.54) is 19.3 Å². The minimum atomic E-state index is -0.151. The van der Waals surface area contributed by atoms with E-state index in [4.69, 9.17) is 0 Å². The molecule has 0 aliphatic carbocycles. The van der Waals surface area contributed by atoms with Gasteiger partial charge in [0.25, 0.3) is 0 Å². The van der Waals surface area contributed by atoms with Crippen LogP contribution >= 0.6 is 0 Å². The molecule has 0 bridgehead atoms. The number of allylic oxidation sites excluding steroid dienone is 1. The minimum absolute atomic E-state index is 0.151. The highest BCUT2D eigenvalue weighted by molar-refractivity contribution is 4.65. The van der Waals surface area contributed by atoms with Crippen LogP contribution in [0.4, 0.5) is 4.39 Å². The third kappa shape index (κ3) is 7.67. The molecule has 0 fully saturated rings. The lowest BCUT2D eigenvalue weighted by atomic mass is 10.1. The summed E-state index contributed by atoms with van der Waals surface area (Å²) in [6.45, 7) is 3.48. The van der Waals surface area contributed by atoms with Gasteiger partial charge in [-0.3, -0.25) is 4.39 Å². The maximum atomic E-state index is 11.6. The number of halogens is 1. The van der Waals surface area contributed by atoms with Crippen molar-refractivity contribution in [2.24, 2.45) is 0 Å². The Bertz CT molecular complexity index is 69.1. The fourth-order valence-corrected chi connectivity index (χ4v) is 0.913. The molecule has 0 saturated heterocycles. The predicted octanol–water partition coefficient (Wildman–Crippen LogP) is 3.48. The van der Waals surface area contributed by atoms with E-state index in [-0.39, 0.29) is 6.67 Å². The van der Waals surface area contributed by atoms with E-state index >= 15 is 0 Å². The molecule has 0 atom stereocenters. The minimum Gasteiger partial charge on any atom is -0.251 e. The zero-order valence-corrected chi connectivity index (χ0v) is 6.61. The van der Waals surface area contributed by atoms with Gasteiger partial charge in [-0.25, -0.2) is 0 Å². The lowest BCUT2D eigenvalue weighted by Gasteiger charge is -1.95. The standard InChI is InChI=1S/C9H17F/c1-2-3-4-5-6-7-8-9-10/h2H,1,3-9H2. The highest BCUT2D eigenvalue weighted by Crippen LogP contribution is 2.05. The quantitative estimate of drug-likeness (QED) is 0.379. The van der Waals surface area contributed by atoms with Gasteiger partial charge in [0.1, 0.15) is 0 Å². The largest absolute Gasteiger partial charge is 0.251 e. The molecule has 0 radical (unpaired) electrons. The van der Waals surface area contributed by atoms with Crippen LogP contribution in [0, 0.1) is 0 Å². The molecule has 10 heavy (non-hydrogen) atoms. The van der Waals surface area contributed by atoms with Crippen LogP contribution < -0.4 is 0 Å². The SMILES string of the molecule is C=CCCCCCCCF. The molecular weight excluding hydrogens is 127 g/mol. The third-order valence-corrected chi connectivity index (χ3v) is 1.54. The number of hydrogen-bond donors (Lipinski definition) is 0. The average molecular weight is 144 g/mol. The van der Waals surface area contributed by atoms with Gasteiger partial charge in [0.15, 0.2) is 0 Å². The van der Waals surface area contributed by atoms with Crippen molar-refractivity contribution in [3.8, 4) is 0 Å².